The smallest absolute Gasteiger partial charge is 0.0480 e. The predicted molar refractivity (Wildman–Crippen MR) is 89.8 cm³/mol. The fourth-order valence-corrected chi connectivity index (χ4v) is 3.29. The second kappa shape index (κ2) is 5.82. The Labute approximate surface area is 128 Å². The maximum Gasteiger partial charge on any atom is 0.0480 e. The quantitative estimate of drug-likeness (QED) is 0.859. The molecule has 0 unspecified atom stereocenters. The van der Waals surface area contributed by atoms with Crippen molar-refractivity contribution in [3.05, 3.63) is 35.5 Å². The third-order valence-electron chi connectivity index (χ3n) is 4.71. The summed E-state index contributed by atoms with van der Waals surface area (Å²) in [6.07, 6.45) is 2.29. The van der Waals surface area contributed by atoms with Crippen LogP contribution in [-0.2, 0) is 13.6 Å². The lowest BCUT2D eigenvalue weighted by Crippen LogP contribution is -2.43. The van der Waals surface area contributed by atoms with Crippen LogP contribution in [0.3, 0.4) is 0 Å². The van der Waals surface area contributed by atoms with Gasteiger partial charge in [-0.25, -0.2) is 0 Å². The van der Waals surface area contributed by atoms with Gasteiger partial charge in [0.05, 0.1) is 0 Å². The van der Waals surface area contributed by atoms with Gasteiger partial charge < -0.3 is 9.47 Å². The Hall–Kier alpha value is -1.32. The summed E-state index contributed by atoms with van der Waals surface area (Å²) in [7, 11) is 4.36. The van der Waals surface area contributed by atoms with Crippen molar-refractivity contribution in [3.63, 3.8) is 0 Å². The highest BCUT2D eigenvalue weighted by Gasteiger charge is 2.15. The molecule has 2 aromatic rings. The van der Waals surface area contributed by atoms with E-state index in [0.29, 0.717) is 5.92 Å². The van der Waals surface area contributed by atoms with Crippen molar-refractivity contribution in [2.24, 2.45) is 7.05 Å². The second-order valence-corrected chi connectivity index (χ2v) is 6.78. The van der Waals surface area contributed by atoms with Gasteiger partial charge in [-0.1, -0.05) is 19.9 Å². The number of rotatable bonds is 3. The first kappa shape index (κ1) is 14.6. The van der Waals surface area contributed by atoms with E-state index >= 15 is 0 Å². The number of piperazine rings is 1. The zero-order valence-corrected chi connectivity index (χ0v) is 13.8. The first-order valence-corrected chi connectivity index (χ1v) is 8.03. The number of fused-ring (bicyclic) bond motifs is 1. The van der Waals surface area contributed by atoms with Gasteiger partial charge in [-0.2, -0.15) is 0 Å². The van der Waals surface area contributed by atoms with Gasteiger partial charge >= 0.3 is 0 Å². The molecule has 1 fully saturated rings. The predicted octanol–water partition coefficient (Wildman–Crippen LogP) is 3.05. The average molecular weight is 285 g/mol. The van der Waals surface area contributed by atoms with Gasteiger partial charge in [-0.05, 0) is 36.2 Å². The molecule has 0 aliphatic carbocycles. The normalized spacial score (nSPS) is 18.0. The van der Waals surface area contributed by atoms with Crippen LogP contribution in [0.2, 0.25) is 0 Å². The number of hydrogen-bond donors (Lipinski definition) is 0. The molecular formula is C18H27N3. The summed E-state index contributed by atoms with van der Waals surface area (Å²) in [6.45, 7) is 10.4. The molecule has 0 spiro atoms. The molecular weight excluding hydrogens is 258 g/mol. The lowest BCUT2D eigenvalue weighted by atomic mass is 10.0. The number of hydrogen-bond acceptors (Lipinski definition) is 2. The first-order valence-electron chi connectivity index (χ1n) is 8.03. The lowest BCUT2D eigenvalue weighted by Gasteiger charge is -2.32. The Balaban J connectivity index is 1.85. The highest BCUT2D eigenvalue weighted by atomic mass is 15.2. The number of nitrogens with zero attached hydrogens (tertiary/aromatic N) is 3. The molecule has 0 N–H and O–H groups in total. The van der Waals surface area contributed by atoms with Gasteiger partial charge in [0.2, 0.25) is 0 Å². The van der Waals surface area contributed by atoms with E-state index in [0.717, 1.165) is 6.54 Å². The van der Waals surface area contributed by atoms with Crippen LogP contribution in [0.25, 0.3) is 10.9 Å². The van der Waals surface area contributed by atoms with E-state index in [-0.39, 0.29) is 0 Å². The van der Waals surface area contributed by atoms with Crippen LogP contribution >= 0.6 is 0 Å². The molecule has 114 valence electrons. The molecule has 2 heterocycles. The fraction of sp³-hybridized carbons (Fsp3) is 0.556. The Morgan fingerprint density at radius 2 is 1.76 bits per heavy atom. The minimum atomic E-state index is 0.576. The molecule has 0 bridgehead atoms. The van der Waals surface area contributed by atoms with Crippen molar-refractivity contribution in [1.29, 1.82) is 0 Å². The Morgan fingerprint density at radius 3 is 2.43 bits per heavy atom. The Bertz CT molecular complexity index is 619. The molecule has 1 aliphatic rings. The highest BCUT2D eigenvalue weighted by molar-refractivity contribution is 5.85. The molecule has 1 aromatic carbocycles. The highest BCUT2D eigenvalue weighted by Crippen LogP contribution is 2.28. The van der Waals surface area contributed by atoms with Crippen LogP contribution in [0.4, 0.5) is 0 Å². The number of likely N-dealkylation sites (N-methyl/N-ethyl adjacent to an activating group) is 1. The van der Waals surface area contributed by atoms with Gasteiger partial charge in [0.1, 0.15) is 0 Å². The first-order chi connectivity index (χ1) is 10.0. The summed E-state index contributed by atoms with van der Waals surface area (Å²) in [6, 6.07) is 6.99. The maximum absolute atomic E-state index is 2.57. The SMILES string of the molecule is CC(C)c1cn(C)c2ccc(CN3CCN(C)CC3)cc12. The topological polar surface area (TPSA) is 11.4 Å². The summed E-state index contributed by atoms with van der Waals surface area (Å²) in [5.74, 6) is 0.576. The van der Waals surface area contributed by atoms with E-state index in [1.807, 2.05) is 0 Å². The van der Waals surface area contributed by atoms with Crippen molar-refractivity contribution in [3.8, 4) is 0 Å². The molecule has 1 saturated heterocycles. The van der Waals surface area contributed by atoms with E-state index in [9.17, 15) is 0 Å². The standard InChI is InChI=1S/C18H27N3/c1-14(2)17-13-20(4)18-6-5-15(11-16(17)18)12-21-9-7-19(3)8-10-21/h5-6,11,13-14H,7-10,12H2,1-4H3. The molecule has 0 atom stereocenters. The molecule has 21 heavy (non-hydrogen) atoms. The van der Waals surface area contributed by atoms with Gasteiger partial charge in [-0.3, -0.25) is 4.90 Å². The van der Waals surface area contributed by atoms with Crippen LogP contribution in [0.1, 0.15) is 30.9 Å². The minimum absolute atomic E-state index is 0.576. The lowest BCUT2D eigenvalue weighted by molar-refractivity contribution is 0.148. The van der Waals surface area contributed by atoms with Crippen LogP contribution in [-0.4, -0.2) is 47.6 Å². The molecule has 3 nitrogen and oxygen atoms in total. The van der Waals surface area contributed by atoms with Gasteiger partial charge in [-0.15, -0.1) is 0 Å². The zero-order chi connectivity index (χ0) is 15.0. The van der Waals surface area contributed by atoms with Crippen molar-refractivity contribution in [1.82, 2.24) is 14.4 Å². The Kier molecular flexibility index (Phi) is 4.05. The van der Waals surface area contributed by atoms with Crippen molar-refractivity contribution >= 4 is 10.9 Å². The van der Waals surface area contributed by atoms with Crippen LogP contribution < -0.4 is 0 Å². The largest absolute Gasteiger partial charge is 0.350 e. The molecule has 0 saturated carbocycles. The Morgan fingerprint density at radius 1 is 1.05 bits per heavy atom. The monoisotopic (exact) mass is 285 g/mol. The van der Waals surface area contributed by atoms with Crippen LogP contribution in [0.15, 0.2) is 24.4 Å². The second-order valence-electron chi connectivity index (χ2n) is 6.78. The summed E-state index contributed by atoms with van der Waals surface area (Å²) in [5.41, 5.74) is 4.26. The summed E-state index contributed by atoms with van der Waals surface area (Å²) in [4.78, 5) is 4.98. The van der Waals surface area contributed by atoms with E-state index in [4.69, 9.17) is 0 Å². The molecule has 0 radical (unpaired) electrons. The van der Waals surface area contributed by atoms with Gasteiger partial charge in [0.15, 0.2) is 0 Å². The maximum atomic E-state index is 2.57. The summed E-state index contributed by atoms with van der Waals surface area (Å²) in [5, 5.41) is 1.43. The summed E-state index contributed by atoms with van der Waals surface area (Å²) < 4.78 is 2.25. The van der Waals surface area contributed by atoms with E-state index in [1.165, 1.54) is 48.2 Å². The van der Waals surface area contributed by atoms with Gasteiger partial charge in [0.25, 0.3) is 0 Å². The van der Waals surface area contributed by atoms with Crippen LogP contribution in [0, 0.1) is 0 Å². The summed E-state index contributed by atoms with van der Waals surface area (Å²) >= 11 is 0. The molecule has 1 aliphatic heterocycles. The molecule has 3 rings (SSSR count). The van der Waals surface area contributed by atoms with Crippen LogP contribution in [0.5, 0.6) is 0 Å². The molecule has 1 aromatic heterocycles. The number of aryl methyl sites for hydroxylation is 1. The fourth-order valence-electron chi connectivity index (χ4n) is 3.29. The van der Waals surface area contributed by atoms with E-state index in [1.54, 1.807) is 0 Å². The molecule has 0 amide bonds. The number of benzene rings is 1. The van der Waals surface area contributed by atoms with E-state index in [2.05, 4.69) is 66.7 Å². The van der Waals surface area contributed by atoms with Crippen molar-refractivity contribution < 1.29 is 0 Å². The zero-order valence-electron chi connectivity index (χ0n) is 13.8. The minimum Gasteiger partial charge on any atom is -0.350 e. The third kappa shape index (κ3) is 2.99. The third-order valence-corrected chi connectivity index (χ3v) is 4.71. The van der Waals surface area contributed by atoms with Crippen molar-refractivity contribution in [2.45, 2.75) is 26.3 Å². The molecule has 3 heteroatoms. The van der Waals surface area contributed by atoms with E-state index < -0.39 is 0 Å². The number of aromatic nitrogens is 1. The van der Waals surface area contributed by atoms with Crippen molar-refractivity contribution in [2.75, 3.05) is 33.2 Å². The van der Waals surface area contributed by atoms with Gasteiger partial charge in [0, 0.05) is 56.9 Å². The average Bonchev–Trinajstić information content (AvgIpc) is 2.79.